The molecule has 1 aliphatic carbocycles. The summed E-state index contributed by atoms with van der Waals surface area (Å²) in [5, 5.41) is 5.59. The molecule has 0 unspecified atom stereocenters. The standard InChI is InChI=1S/C24H23N3O6S/c25-21(29)20-15-8-4-10-18(15)34-23(20)27-19(28)13-33-24(31)16(12-14-6-2-1-3-7-14)26-22(30)17-9-5-11-32-17/h1-3,5-7,9,11,16H,4,8,10,12-13H2,(H2,25,29)(H,26,30)(H,27,28)/t16-/m0/s1. The smallest absolute Gasteiger partial charge is 0.329 e. The summed E-state index contributed by atoms with van der Waals surface area (Å²) < 4.78 is 10.3. The number of anilines is 1. The first-order valence-electron chi connectivity index (χ1n) is 10.7. The fourth-order valence-electron chi connectivity index (χ4n) is 3.83. The van der Waals surface area contributed by atoms with Crippen molar-refractivity contribution in [1.29, 1.82) is 0 Å². The number of amides is 3. The van der Waals surface area contributed by atoms with E-state index in [4.69, 9.17) is 14.9 Å². The minimum Gasteiger partial charge on any atom is -0.459 e. The number of benzene rings is 1. The molecule has 0 saturated heterocycles. The monoisotopic (exact) mass is 481 g/mol. The summed E-state index contributed by atoms with van der Waals surface area (Å²) in [4.78, 5) is 50.6. The number of primary amides is 1. The Kier molecular flexibility index (Phi) is 7.07. The second kappa shape index (κ2) is 10.3. The van der Waals surface area contributed by atoms with Gasteiger partial charge in [0.15, 0.2) is 12.4 Å². The highest BCUT2D eigenvalue weighted by molar-refractivity contribution is 7.17. The lowest BCUT2D eigenvalue weighted by Crippen LogP contribution is -2.44. The van der Waals surface area contributed by atoms with E-state index in [0.717, 1.165) is 35.3 Å². The van der Waals surface area contributed by atoms with Gasteiger partial charge in [-0.3, -0.25) is 14.4 Å². The van der Waals surface area contributed by atoms with Crippen LogP contribution in [0, 0.1) is 0 Å². The number of rotatable bonds is 9. The lowest BCUT2D eigenvalue weighted by Gasteiger charge is -2.17. The summed E-state index contributed by atoms with van der Waals surface area (Å²) >= 11 is 1.31. The summed E-state index contributed by atoms with van der Waals surface area (Å²) in [6, 6.07) is 11.1. The molecular weight excluding hydrogens is 458 g/mol. The largest absolute Gasteiger partial charge is 0.459 e. The molecule has 3 aromatic rings. The van der Waals surface area contributed by atoms with Crippen molar-refractivity contribution < 1.29 is 28.3 Å². The number of carbonyl (C=O) groups is 4. The summed E-state index contributed by atoms with van der Waals surface area (Å²) in [5.41, 5.74) is 7.52. The average Bonchev–Trinajstić information content (AvgIpc) is 3.55. The van der Waals surface area contributed by atoms with Crippen LogP contribution in [0.5, 0.6) is 0 Å². The SMILES string of the molecule is NC(=O)c1c(NC(=O)COC(=O)[C@H](Cc2ccccc2)NC(=O)c2ccco2)sc2c1CCC2. The van der Waals surface area contributed by atoms with Crippen molar-refractivity contribution in [3.05, 3.63) is 76.1 Å². The van der Waals surface area contributed by atoms with Gasteiger partial charge in [0.1, 0.15) is 11.0 Å². The van der Waals surface area contributed by atoms with Crippen LogP contribution in [0.1, 0.15) is 43.3 Å². The number of furan rings is 1. The van der Waals surface area contributed by atoms with Gasteiger partial charge in [-0.25, -0.2) is 4.79 Å². The molecule has 2 aromatic heterocycles. The number of fused-ring (bicyclic) bond motifs is 1. The summed E-state index contributed by atoms with van der Waals surface area (Å²) in [6.07, 6.45) is 4.04. The Hall–Kier alpha value is -3.92. The molecule has 176 valence electrons. The number of aryl methyl sites for hydroxylation is 1. The average molecular weight is 482 g/mol. The molecule has 0 radical (unpaired) electrons. The maximum absolute atomic E-state index is 12.8. The molecule has 4 N–H and O–H groups in total. The van der Waals surface area contributed by atoms with Gasteiger partial charge in [-0.1, -0.05) is 30.3 Å². The number of esters is 1. The highest BCUT2D eigenvalue weighted by Crippen LogP contribution is 2.38. The second-order valence-corrected chi connectivity index (χ2v) is 8.88. The lowest BCUT2D eigenvalue weighted by molar-refractivity contribution is -0.149. The van der Waals surface area contributed by atoms with Gasteiger partial charge in [-0.05, 0) is 42.5 Å². The van der Waals surface area contributed by atoms with Crippen LogP contribution in [0.15, 0.2) is 53.1 Å². The number of carbonyl (C=O) groups excluding carboxylic acids is 4. The topological polar surface area (TPSA) is 141 Å². The molecule has 3 amide bonds. The molecule has 0 fully saturated rings. The Morgan fingerprint density at radius 3 is 2.59 bits per heavy atom. The summed E-state index contributed by atoms with van der Waals surface area (Å²) in [6.45, 7) is -0.582. The van der Waals surface area contributed by atoms with Crippen molar-refractivity contribution in [2.45, 2.75) is 31.7 Å². The first-order chi connectivity index (χ1) is 16.4. The van der Waals surface area contributed by atoms with Crippen LogP contribution in [0.4, 0.5) is 5.00 Å². The minimum atomic E-state index is -1.04. The van der Waals surface area contributed by atoms with Gasteiger partial charge in [-0.15, -0.1) is 11.3 Å². The van der Waals surface area contributed by atoms with E-state index in [-0.39, 0.29) is 12.2 Å². The van der Waals surface area contributed by atoms with E-state index in [1.807, 2.05) is 30.3 Å². The predicted molar refractivity (Wildman–Crippen MR) is 125 cm³/mol. The molecule has 10 heteroatoms. The van der Waals surface area contributed by atoms with Gasteiger partial charge >= 0.3 is 5.97 Å². The second-order valence-electron chi connectivity index (χ2n) is 7.77. The molecule has 0 spiro atoms. The third-order valence-electron chi connectivity index (χ3n) is 5.38. The van der Waals surface area contributed by atoms with Crippen LogP contribution in [0.2, 0.25) is 0 Å². The Bertz CT molecular complexity index is 1200. The lowest BCUT2D eigenvalue weighted by atomic mass is 10.1. The molecule has 1 aromatic carbocycles. The van der Waals surface area contributed by atoms with Gasteiger partial charge in [0.2, 0.25) is 0 Å². The fourth-order valence-corrected chi connectivity index (χ4v) is 5.14. The van der Waals surface area contributed by atoms with Crippen molar-refractivity contribution in [2.24, 2.45) is 5.73 Å². The number of ether oxygens (including phenoxy) is 1. The third-order valence-corrected chi connectivity index (χ3v) is 6.59. The van der Waals surface area contributed by atoms with Crippen LogP contribution in [0.25, 0.3) is 0 Å². The van der Waals surface area contributed by atoms with Crippen LogP contribution in [-0.2, 0) is 33.6 Å². The normalized spacial score (nSPS) is 13.1. The molecule has 0 saturated carbocycles. The summed E-state index contributed by atoms with van der Waals surface area (Å²) in [7, 11) is 0. The van der Waals surface area contributed by atoms with E-state index in [1.165, 1.54) is 23.7 Å². The zero-order valence-electron chi connectivity index (χ0n) is 18.2. The Labute approximate surface area is 199 Å². The number of nitrogens with two attached hydrogens (primary N) is 1. The Balaban J connectivity index is 1.40. The van der Waals surface area contributed by atoms with E-state index >= 15 is 0 Å². The van der Waals surface area contributed by atoms with Crippen LogP contribution in [-0.4, -0.2) is 36.3 Å². The van der Waals surface area contributed by atoms with Crippen molar-refractivity contribution in [3.63, 3.8) is 0 Å². The van der Waals surface area contributed by atoms with E-state index in [9.17, 15) is 19.2 Å². The number of hydrogen-bond acceptors (Lipinski definition) is 7. The molecule has 1 atom stereocenters. The number of hydrogen-bond donors (Lipinski definition) is 3. The third kappa shape index (κ3) is 5.34. The molecule has 34 heavy (non-hydrogen) atoms. The van der Waals surface area contributed by atoms with Crippen LogP contribution >= 0.6 is 11.3 Å². The molecule has 0 aliphatic heterocycles. The fraction of sp³-hybridized carbons (Fsp3) is 0.250. The first-order valence-corrected chi connectivity index (χ1v) is 11.5. The Morgan fingerprint density at radius 2 is 1.88 bits per heavy atom. The van der Waals surface area contributed by atoms with E-state index in [2.05, 4.69) is 10.6 Å². The molecule has 9 nitrogen and oxygen atoms in total. The molecule has 2 heterocycles. The summed E-state index contributed by atoms with van der Waals surface area (Å²) in [5.74, 6) is -2.51. The van der Waals surface area contributed by atoms with E-state index < -0.39 is 36.3 Å². The number of nitrogens with one attached hydrogen (secondary N) is 2. The van der Waals surface area contributed by atoms with Crippen LogP contribution < -0.4 is 16.4 Å². The van der Waals surface area contributed by atoms with Gasteiger partial charge in [0, 0.05) is 11.3 Å². The van der Waals surface area contributed by atoms with Crippen molar-refractivity contribution in [1.82, 2.24) is 5.32 Å². The zero-order chi connectivity index (χ0) is 24.1. The zero-order valence-corrected chi connectivity index (χ0v) is 19.0. The van der Waals surface area contributed by atoms with Gasteiger partial charge in [0.25, 0.3) is 17.7 Å². The Morgan fingerprint density at radius 1 is 1.09 bits per heavy atom. The maximum Gasteiger partial charge on any atom is 0.329 e. The van der Waals surface area contributed by atoms with Gasteiger partial charge < -0.3 is 25.5 Å². The number of thiophene rings is 1. The minimum absolute atomic E-state index is 0.0494. The van der Waals surface area contributed by atoms with Gasteiger partial charge in [-0.2, -0.15) is 0 Å². The molecule has 4 rings (SSSR count). The van der Waals surface area contributed by atoms with Crippen molar-refractivity contribution in [2.75, 3.05) is 11.9 Å². The van der Waals surface area contributed by atoms with Crippen molar-refractivity contribution in [3.8, 4) is 0 Å². The van der Waals surface area contributed by atoms with E-state index in [1.54, 1.807) is 6.07 Å². The molecule has 0 bridgehead atoms. The molecule has 1 aliphatic rings. The first kappa shape index (κ1) is 23.2. The predicted octanol–water partition coefficient (Wildman–Crippen LogP) is 2.45. The van der Waals surface area contributed by atoms with Crippen molar-refractivity contribution >= 4 is 40.0 Å². The van der Waals surface area contributed by atoms with Crippen LogP contribution in [0.3, 0.4) is 0 Å². The highest BCUT2D eigenvalue weighted by atomic mass is 32.1. The van der Waals surface area contributed by atoms with E-state index in [0.29, 0.717) is 10.6 Å². The quantitative estimate of drug-likeness (QED) is 0.401. The maximum atomic E-state index is 12.8. The highest BCUT2D eigenvalue weighted by Gasteiger charge is 2.28. The van der Waals surface area contributed by atoms with Gasteiger partial charge in [0.05, 0.1) is 11.8 Å². The molecular formula is C24H23N3O6S.